The summed E-state index contributed by atoms with van der Waals surface area (Å²) >= 11 is 0. The van der Waals surface area contributed by atoms with Crippen LogP contribution in [0.5, 0.6) is 11.5 Å². The van der Waals surface area contributed by atoms with E-state index in [1.54, 1.807) is 6.92 Å². The van der Waals surface area contributed by atoms with Gasteiger partial charge >= 0.3 is 0 Å². The van der Waals surface area contributed by atoms with Gasteiger partial charge in [0.15, 0.2) is 11.5 Å². The second kappa shape index (κ2) is 4.11. The van der Waals surface area contributed by atoms with E-state index in [1.807, 2.05) is 25.1 Å². The third-order valence-corrected chi connectivity index (χ3v) is 2.82. The standard InChI is InChI=1S/C12H16O3/c1-8(9(2)13)10-3-4-11-12(7-10)15-6-5-14-11/h3-4,7-9,13H,5-6H2,1-2H3. The van der Waals surface area contributed by atoms with E-state index in [-0.39, 0.29) is 12.0 Å². The molecule has 1 heterocycles. The molecule has 1 aromatic rings. The Morgan fingerprint density at radius 1 is 1.13 bits per heavy atom. The summed E-state index contributed by atoms with van der Waals surface area (Å²) in [5, 5.41) is 9.51. The van der Waals surface area contributed by atoms with Crippen molar-refractivity contribution < 1.29 is 14.6 Å². The molecule has 0 spiro atoms. The molecule has 2 rings (SSSR count). The normalized spacial score (nSPS) is 18.3. The van der Waals surface area contributed by atoms with Gasteiger partial charge < -0.3 is 14.6 Å². The highest BCUT2D eigenvalue weighted by molar-refractivity contribution is 5.44. The zero-order valence-electron chi connectivity index (χ0n) is 9.06. The molecule has 0 amide bonds. The van der Waals surface area contributed by atoms with E-state index in [1.165, 1.54) is 0 Å². The Bertz CT molecular complexity index is 347. The van der Waals surface area contributed by atoms with Crippen molar-refractivity contribution in [2.24, 2.45) is 0 Å². The largest absolute Gasteiger partial charge is 0.486 e. The maximum absolute atomic E-state index is 9.51. The van der Waals surface area contributed by atoms with Gasteiger partial charge in [-0.05, 0) is 24.6 Å². The molecule has 0 bridgehead atoms. The number of aliphatic hydroxyl groups excluding tert-OH is 1. The van der Waals surface area contributed by atoms with Gasteiger partial charge in [-0.1, -0.05) is 13.0 Å². The van der Waals surface area contributed by atoms with Crippen LogP contribution in [0.1, 0.15) is 25.3 Å². The first-order valence-electron chi connectivity index (χ1n) is 5.26. The van der Waals surface area contributed by atoms with E-state index < -0.39 is 0 Å². The maximum Gasteiger partial charge on any atom is 0.161 e. The quantitative estimate of drug-likeness (QED) is 0.807. The lowest BCUT2D eigenvalue weighted by Crippen LogP contribution is -2.16. The van der Waals surface area contributed by atoms with Crippen molar-refractivity contribution in [1.29, 1.82) is 0 Å². The van der Waals surface area contributed by atoms with E-state index in [0.29, 0.717) is 13.2 Å². The van der Waals surface area contributed by atoms with E-state index in [0.717, 1.165) is 17.1 Å². The van der Waals surface area contributed by atoms with Crippen LogP contribution in [0.3, 0.4) is 0 Å². The van der Waals surface area contributed by atoms with Crippen LogP contribution < -0.4 is 9.47 Å². The zero-order valence-corrected chi connectivity index (χ0v) is 9.06. The molecule has 0 fully saturated rings. The summed E-state index contributed by atoms with van der Waals surface area (Å²) in [6, 6.07) is 5.83. The predicted molar refractivity (Wildman–Crippen MR) is 57.5 cm³/mol. The number of benzene rings is 1. The van der Waals surface area contributed by atoms with Gasteiger partial charge in [-0.3, -0.25) is 0 Å². The van der Waals surface area contributed by atoms with Crippen molar-refractivity contribution in [2.45, 2.75) is 25.9 Å². The van der Waals surface area contributed by atoms with Crippen LogP contribution in [0.25, 0.3) is 0 Å². The van der Waals surface area contributed by atoms with Gasteiger partial charge in [0.2, 0.25) is 0 Å². The minimum Gasteiger partial charge on any atom is -0.486 e. The third-order valence-electron chi connectivity index (χ3n) is 2.82. The fraction of sp³-hybridized carbons (Fsp3) is 0.500. The fourth-order valence-electron chi connectivity index (χ4n) is 1.62. The molecule has 0 aliphatic carbocycles. The molecule has 0 saturated carbocycles. The molecule has 1 aromatic carbocycles. The number of hydrogen-bond donors (Lipinski definition) is 1. The minimum absolute atomic E-state index is 0.112. The van der Waals surface area contributed by atoms with Crippen LogP contribution in [0.2, 0.25) is 0 Å². The van der Waals surface area contributed by atoms with Crippen LogP contribution >= 0.6 is 0 Å². The molecule has 3 heteroatoms. The van der Waals surface area contributed by atoms with Gasteiger partial charge in [0.25, 0.3) is 0 Å². The topological polar surface area (TPSA) is 38.7 Å². The van der Waals surface area contributed by atoms with E-state index in [2.05, 4.69) is 0 Å². The Hall–Kier alpha value is -1.22. The highest BCUT2D eigenvalue weighted by Gasteiger charge is 2.16. The van der Waals surface area contributed by atoms with Crippen molar-refractivity contribution in [2.75, 3.05) is 13.2 Å². The van der Waals surface area contributed by atoms with Crippen molar-refractivity contribution in [3.8, 4) is 11.5 Å². The SMILES string of the molecule is CC(O)C(C)c1ccc2c(c1)OCCO2. The molecular formula is C12H16O3. The Kier molecular flexibility index (Phi) is 2.82. The van der Waals surface area contributed by atoms with Crippen LogP contribution in [0, 0.1) is 0 Å². The molecule has 0 saturated heterocycles. The second-order valence-electron chi connectivity index (χ2n) is 3.93. The molecule has 1 aliphatic heterocycles. The summed E-state index contributed by atoms with van der Waals surface area (Å²) in [6.45, 7) is 5.00. The van der Waals surface area contributed by atoms with Crippen LogP contribution in [-0.4, -0.2) is 24.4 Å². The first-order chi connectivity index (χ1) is 7.18. The monoisotopic (exact) mass is 208 g/mol. The first-order valence-corrected chi connectivity index (χ1v) is 5.26. The number of rotatable bonds is 2. The Balaban J connectivity index is 2.27. The van der Waals surface area contributed by atoms with Gasteiger partial charge in [0.05, 0.1) is 6.10 Å². The molecule has 2 unspecified atom stereocenters. The summed E-state index contributed by atoms with van der Waals surface area (Å²) in [4.78, 5) is 0. The predicted octanol–water partition coefficient (Wildman–Crippen LogP) is 1.94. The molecule has 1 aliphatic rings. The van der Waals surface area contributed by atoms with Crippen molar-refractivity contribution in [3.05, 3.63) is 23.8 Å². The zero-order chi connectivity index (χ0) is 10.8. The van der Waals surface area contributed by atoms with Gasteiger partial charge in [-0.15, -0.1) is 0 Å². The third kappa shape index (κ3) is 2.07. The Morgan fingerprint density at radius 3 is 2.47 bits per heavy atom. The van der Waals surface area contributed by atoms with Crippen molar-refractivity contribution in [3.63, 3.8) is 0 Å². The summed E-state index contributed by atoms with van der Waals surface area (Å²) in [7, 11) is 0. The van der Waals surface area contributed by atoms with E-state index >= 15 is 0 Å². The lowest BCUT2D eigenvalue weighted by atomic mass is 9.96. The number of fused-ring (bicyclic) bond motifs is 1. The van der Waals surface area contributed by atoms with E-state index in [9.17, 15) is 5.11 Å². The average molecular weight is 208 g/mol. The van der Waals surface area contributed by atoms with Crippen molar-refractivity contribution in [1.82, 2.24) is 0 Å². The number of aliphatic hydroxyl groups is 1. The summed E-state index contributed by atoms with van der Waals surface area (Å²) < 4.78 is 10.9. The molecule has 15 heavy (non-hydrogen) atoms. The van der Waals surface area contributed by atoms with Gasteiger partial charge in [-0.25, -0.2) is 0 Å². The molecular weight excluding hydrogens is 192 g/mol. The Morgan fingerprint density at radius 2 is 1.80 bits per heavy atom. The molecule has 1 N–H and O–H groups in total. The van der Waals surface area contributed by atoms with E-state index in [4.69, 9.17) is 9.47 Å². The molecule has 3 nitrogen and oxygen atoms in total. The first kappa shape index (κ1) is 10.3. The fourth-order valence-corrected chi connectivity index (χ4v) is 1.62. The van der Waals surface area contributed by atoms with Gasteiger partial charge in [0, 0.05) is 5.92 Å². The van der Waals surface area contributed by atoms with Crippen LogP contribution in [0.15, 0.2) is 18.2 Å². The molecule has 82 valence electrons. The van der Waals surface area contributed by atoms with Crippen LogP contribution in [0.4, 0.5) is 0 Å². The summed E-state index contributed by atoms with van der Waals surface area (Å²) in [6.07, 6.45) is -0.354. The Labute approximate surface area is 89.6 Å². The van der Waals surface area contributed by atoms with Crippen LogP contribution in [-0.2, 0) is 0 Å². The molecule has 0 aromatic heterocycles. The van der Waals surface area contributed by atoms with Gasteiger partial charge in [-0.2, -0.15) is 0 Å². The highest BCUT2D eigenvalue weighted by Crippen LogP contribution is 2.33. The summed E-state index contributed by atoms with van der Waals surface area (Å²) in [5.74, 6) is 1.69. The number of hydrogen-bond acceptors (Lipinski definition) is 3. The molecule has 0 radical (unpaired) electrons. The highest BCUT2D eigenvalue weighted by atomic mass is 16.6. The second-order valence-corrected chi connectivity index (χ2v) is 3.93. The number of ether oxygens (including phenoxy) is 2. The molecule has 2 atom stereocenters. The van der Waals surface area contributed by atoms with Gasteiger partial charge in [0.1, 0.15) is 13.2 Å². The smallest absolute Gasteiger partial charge is 0.161 e. The maximum atomic E-state index is 9.51. The van der Waals surface area contributed by atoms with Crippen molar-refractivity contribution >= 4 is 0 Å². The average Bonchev–Trinajstić information content (AvgIpc) is 2.27. The lowest BCUT2D eigenvalue weighted by molar-refractivity contribution is 0.164. The summed E-state index contributed by atoms with van der Waals surface area (Å²) in [5.41, 5.74) is 1.08. The lowest BCUT2D eigenvalue weighted by Gasteiger charge is -2.21. The minimum atomic E-state index is -0.354.